The molecule has 2 heterocycles. The van der Waals surface area contributed by atoms with Crippen LogP contribution in [0.1, 0.15) is 25.3 Å². The number of halogens is 2. The number of methoxy groups -OCH3 is 1. The Kier molecular flexibility index (Phi) is 4.54. The largest absolute Gasteiger partial charge is 0.496 e. The molecule has 2 aromatic heterocycles. The van der Waals surface area contributed by atoms with E-state index in [2.05, 4.69) is 15.2 Å². The molecule has 0 bridgehead atoms. The number of hydrogen-bond donors (Lipinski definition) is 0. The van der Waals surface area contributed by atoms with Crippen molar-refractivity contribution < 1.29 is 9.26 Å². The highest BCUT2D eigenvalue weighted by Crippen LogP contribution is 2.32. The smallest absolute Gasteiger partial charge is 0.251 e. The lowest BCUT2D eigenvalue weighted by molar-refractivity contribution is 0.321. The van der Waals surface area contributed by atoms with Gasteiger partial charge in [-0.05, 0) is 24.6 Å². The first-order chi connectivity index (χ1) is 11.1. The van der Waals surface area contributed by atoms with Crippen LogP contribution in [0.5, 0.6) is 5.75 Å². The van der Waals surface area contributed by atoms with Crippen LogP contribution in [-0.4, -0.2) is 27.0 Å². The van der Waals surface area contributed by atoms with E-state index < -0.39 is 0 Å². The average Bonchev–Trinajstić information content (AvgIpc) is 3.18. The number of aromatic nitrogens is 4. The van der Waals surface area contributed by atoms with Crippen LogP contribution in [0.2, 0.25) is 10.0 Å². The highest BCUT2D eigenvalue weighted by atomic mass is 35.5. The molecule has 0 unspecified atom stereocenters. The third-order valence-electron chi connectivity index (χ3n) is 3.41. The van der Waals surface area contributed by atoms with E-state index in [1.54, 1.807) is 42.4 Å². The van der Waals surface area contributed by atoms with E-state index in [9.17, 15) is 0 Å². The van der Waals surface area contributed by atoms with Crippen molar-refractivity contribution in [1.82, 2.24) is 19.9 Å². The summed E-state index contributed by atoms with van der Waals surface area (Å²) in [5, 5.41) is 9.37. The van der Waals surface area contributed by atoms with E-state index in [4.69, 9.17) is 32.5 Å². The Morgan fingerprint density at radius 3 is 2.78 bits per heavy atom. The Hall–Kier alpha value is -2.05. The van der Waals surface area contributed by atoms with Crippen LogP contribution >= 0.6 is 23.2 Å². The molecule has 0 saturated heterocycles. The van der Waals surface area contributed by atoms with Crippen LogP contribution in [0.25, 0.3) is 11.4 Å². The molecule has 3 aromatic rings. The number of nitrogens with zero attached hydrogens (tertiary/aromatic N) is 4. The summed E-state index contributed by atoms with van der Waals surface area (Å²) in [4.78, 5) is 4.47. The second-order valence-electron chi connectivity index (χ2n) is 4.86. The molecular formula is C15H14Cl2N4O2. The molecule has 0 amide bonds. The van der Waals surface area contributed by atoms with Gasteiger partial charge in [-0.2, -0.15) is 10.1 Å². The monoisotopic (exact) mass is 352 g/mol. The standard InChI is InChI=1S/C15H14Cl2N4O2/c1-3-12(21-8-10(17)7-18-21)15-19-14(20-23-15)11-6-9(16)4-5-13(11)22-2/h4-8,12H,3H2,1-2H3/t12-/m0/s1. The third-order valence-corrected chi connectivity index (χ3v) is 3.84. The van der Waals surface area contributed by atoms with Crippen LogP contribution in [-0.2, 0) is 0 Å². The zero-order valence-electron chi connectivity index (χ0n) is 12.5. The lowest BCUT2D eigenvalue weighted by Gasteiger charge is -2.10. The summed E-state index contributed by atoms with van der Waals surface area (Å²) in [7, 11) is 1.58. The summed E-state index contributed by atoms with van der Waals surface area (Å²) in [6.45, 7) is 2.00. The molecule has 1 aromatic carbocycles. The van der Waals surface area contributed by atoms with Crippen molar-refractivity contribution in [2.24, 2.45) is 0 Å². The van der Waals surface area contributed by atoms with Gasteiger partial charge in [-0.3, -0.25) is 4.68 Å². The lowest BCUT2D eigenvalue weighted by atomic mass is 10.2. The molecule has 0 radical (unpaired) electrons. The van der Waals surface area contributed by atoms with Crippen LogP contribution in [0, 0.1) is 0 Å². The highest BCUT2D eigenvalue weighted by Gasteiger charge is 2.22. The maximum Gasteiger partial charge on any atom is 0.251 e. The van der Waals surface area contributed by atoms with Gasteiger partial charge in [0.05, 0.1) is 23.9 Å². The first-order valence-corrected chi connectivity index (χ1v) is 7.75. The Bertz CT molecular complexity index is 815. The number of benzene rings is 1. The molecule has 1 atom stereocenters. The third kappa shape index (κ3) is 3.18. The molecule has 0 fully saturated rings. The van der Waals surface area contributed by atoms with Crippen molar-refractivity contribution in [3.63, 3.8) is 0 Å². The Balaban J connectivity index is 1.98. The van der Waals surface area contributed by atoms with Crippen LogP contribution < -0.4 is 4.74 Å². The van der Waals surface area contributed by atoms with E-state index in [1.165, 1.54) is 0 Å². The number of rotatable bonds is 5. The Morgan fingerprint density at radius 1 is 1.30 bits per heavy atom. The minimum atomic E-state index is -0.186. The van der Waals surface area contributed by atoms with Gasteiger partial charge in [-0.25, -0.2) is 0 Å². The van der Waals surface area contributed by atoms with Crippen molar-refractivity contribution in [3.05, 3.63) is 46.5 Å². The van der Waals surface area contributed by atoms with Crippen molar-refractivity contribution in [1.29, 1.82) is 0 Å². The van der Waals surface area contributed by atoms with Gasteiger partial charge in [0, 0.05) is 11.2 Å². The summed E-state index contributed by atoms with van der Waals surface area (Å²) < 4.78 is 12.4. The van der Waals surface area contributed by atoms with Gasteiger partial charge in [-0.1, -0.05) is 35.3 Å². The molecule has 0 N–H and O–H groups in total. The average molecular weight is 353 g/mol. The van der Waals surface area contributed by atoms with Gasteiger partial charge in [0.2, 0.25) is 5.82 Å². The fourth-order valence-corrected chi connectivity index (χ4v) is 2.61. The first kappa shape index (κ1) is 15.8. The normalized spacial score (nSPS) is 12.3. The highest BCUT2D eigenvalue weighted by molar-refractivity contribution is 6.31. The molecule has 0 spiro atoms. The summed E-state index contributed by atoms with van der Waals surface area (Å²) in [5.74, 6) is 1.48. The van der Waals surface area contributed by atoms with E-state index in [0.717, 1.165) is 6.42 Å². The predicted octanol–water partition coefficient (Wildman–Crippen LogP) is 4.25. The fourth-order valence-electron chi connectivity index (χ4n) is 2.30. The second-order valence-corrected chi connectivity index (χ2v) is 5.74. The SMILES string of the molecule is CC[C@@H](c1nc(-c2cc(Cl)ccc2OC)no1)n1cc(Cl)cn1. The molecule has 0 aliphatic rings. The number of ether oxygens (including phenoxy) is 1. The van der Waals surface area contributed by atoms with E-state index in [1.807, 2.05) is 6.92 Å². The molecule has 8 heteroatoms. The Labute approximate surface area is 143 Å². The van der Waals surface area contributed by atoms with Gasteiger partial charge in [0.1, 0.15) is 11.8 Å². The molecule has 3 rings (SSSR count). The maximum atomic E-state index is 6.05. The summed E-state index contributed by atoms with van der Waals surface area (Å²) in [6.07, 6.45) is 4.02. The van der Waals surface area contributed by atoms with Gasteiger partial charge >= 0.3 is 0 Å². The number of hydrogen-bond acceptors (Lipinski definition) is 5. The Morgan fingerprint density at radius 2 is 2.13 bits per heavy atom. The first-order valence-electron chi connectivity index (χ1n) is 6.99. The van der Waals surface area contributed by atoms with Gasteiger partial charge in [0.25, 0.3) is 5.89 Å². The zero-order valence-corrected chi connectivity index (χ0v) is 14.0. The molecular weight excluding hydrogens is 339 g/mol. The van der Waals surface area contributed by atoms with Crippen molar-refractivity contribution >= 4 is 23.2 Å². The lowest BCUT2D eigenvalue weighted by Crippen LogP contribution is -2.10. The van der Waals surface area contributed by atoms with Gasteiger partial charge < -0.3 is 9.26 Å². The van der Waals surface area contributed by atoms with Crippen LogP contribution in [0.3, 0.4) is 0 Å². The van der Waals surface area contributed by atoms with Crippen molar-refractivity contribution in [3.8, 4) is 17.1 Å². The quantitative estimate of drug-likeness (QED) is 0.686. The minimum Gasteiger partial charge on any atom is -0.496 e. The molecule has 0 aliphatic carbocycles. The summed E-state index contributed by atoms with van der Waals surface area (Å²) in [6, 6.07) is 5.05. The van der Waals surface area contributed by atoms with Gasteiger partial charge in [0.15, 0.2) is 0 Å². The fraction of sp³-hybridized carbons (Fsp3) is 0.267. The van der Waals surface area contributed by atoms with Gasteiger partial charge in [-0.15, -0.1) is 0 Å². The topological polar surface area (TPSA) is 66.0 Å². The minimum absolute atomic E-state index is 0.186. The molecule has 0 aliphatic heterocycles. The van der Waals surface area contributed by atoms with Crippen LogP contribution in [0.15, 0.2) is 35.1 Å². The molecule has 0 saturated carbocycles. The zero-order chi connectivity index (χ0) is 16.4. The summed E-state index contributed by atoms with van der Waals surface area (Å²) >= 11 is 12.0. The van der Waals surface area contributed by atoms with Crippen molar-refractivity contribution in [2.75, 3.05) is 7.11 Å². The molecule has 23 heavy (non-hydrogen) atoms. The van der Waals surface area contributed by atoms with E-state index in [-0.39, 0.29) is 6.04 Å². The maximum absolute atomic E-state index is 6.05. The predicted molar refractivity (Wildman–Crippen MR) is 87.0 cm³/mol. The second kappa shape index (κ2) is 6.60. The van der Waals surface area contributed by atoms with Crippen LogP contribution in [0.4, 0.5) is 0 Å². The molecule has 120 valence electrons. The van der Waals surface area contributed by atoms with E-state index >= 15 is 0 Å². The summed E-state index contributed by atoms with van der Waals surface area (Å²) in [5.41, 5.74) is 0.670. The molecule has 6 nitrogen and oxygen atoms in total. The van der Waals surface area contributed by atoms with Crippen molar-refractivity contribution in [2.45, 2.75) is 19.4 Å². The van der Waals surface area contributed by atoms with E-state index in [0.29, 0.717) is 33.1 Å².